The number of carbonyl (C=O) groups excluding carboxylic acids is 2. The van der Waals surface area contributed by atoms with E-state index in [9.17, 15) is 9.59 Å². The molecule has 1 aromatic heterocycles. The molecular weight excluding hydrogens is 340 g/mol. The number of hydrogen-bond donors (Lipinski definition) is 1. The number of aromatic nitrogens is 3. The molecule has 0 aliphatic rings. The maximum absolute atomic E-state index is 11.9. The first-order valence-corrected chi connectivity index (χ1v) is 9.11. The van der Waals surface area contributed by atoms with Crippen LogP contribution in [0.4, 0.5) is 0 Å². The van der Waals surface area contributed by atoms with Crippen LogP contribution in [-0.4, -0.2) is 45.5 Å². The molecule has 0 unspecified atom stereocenters. The van der Waals surface area contributed by atoms with Crippen LogP contribution in [0.2, 0.25) is 0 Å². The van der Waals surface area contributed by atoms with Crippen molar-refractivity contribution in [2.24, 2.45) is 0 Å². The van der Waals surface area contributed by atoms with E-state index in [0.717, 1.165) is 11.3 Å². The molecule has 0 bridgehead atoms. The number of rotatable bonds is 9. The monoisotopic (exact) mass is 362 g/mol. The van der Waals surface area contributed by atoms with Crippen LogP contribution in [-0.2, 0) is 14.3 Å². The lowest BCUT2D eigenvalue weighted by Gasteiger charge is -2.09. The van der Waals surface area contributed by atoms with Gasteiger partial charge in [-0.15, -0.1) is 10.2 Å². The Morgan fingerprint density at radius 1 is 1.32 bits per heavy atom. The Morgan fingerprint density at radius 3 is 2.88 bits per heavy atom. The molecule has 1 N–H and O–H groups in total. The number of hydrogen-bond acceptors (Lipinski definition) is 6. The van der Waals surface area contributed by atoms with E-state index in [2.05, 4.69) is 15.5 Å². The fourth-order valence-electron chi connectivity index (χ4n) is 2.20. The normalized spacial score (nSPS) is 10.5. The Labute approximate surface area is 151 Å². The van der Waals surface area contributed by atoms with E-state index >= 15 is 0 Å². The van der Waals surface area contributed by atoms with Crippen molar-refractivity contribution >= 4 is 23.6 Å². The minimum atomic E-state index is -0.238. The molecule has 0 radical (unpaired) electrons. The summed E-state index contributed by atoms with van der Waals surface area (Å²) < 4.78 is 6.71. The summed E-state index contributed by atoms with van der Waals surface area (Å²) in [6.45, 7) is 4.61. The van der Waals surface area contributed by atoms with Gasteiger partial charge in [-0.05, 0) is 31.9 Å². The highest BCUT2D eigenvalue weighted by molar-refractivity contribution is 7.99. The number of esters is 1. The number of amides is 1. The number of ether oxygens (including phenoxy) is 1. The van der Waals surface area contributed by atoms with Gasteiger partial charge in [-0.25, -0.2) is 0 Å². The van der Waals surface area contributed by atoms with Gasteiger partial charge < -0.3 is 10.1 Å². The van der Waals surface area contributed by atoms with Crippen molar-refractivity contribution in [1.82, 2.24) is 20.1 Å². The summed E-state index contributed by atoms with van der Waals surface area (Å²) in [6, 6.07) is 7.92. The van der Waals surface area contributed by atoms with Crippen LogP contribution in [0.3, 0.4) is 0 Å². The Balaban J connectivity index is 1.79. The second-order valence-corrected chi connectivity index (χ2v) is 6.26. The van der Waals surface area contributed by atoms with Crippen LogP contribution >= 0.6 is 11.8 Å². The van der Waals surface area contributed by atoms with Crippen molar-refractivity contribution in [1.29, 1.82) is 0 Å². The van der Waals surface area contributed by atoms with E-state index in [1.807, 2.05) is 35.8 Å². The summed E-state index contributed by atoms with van der Waals surface area (Å²) >= 11 is 1.32. The molecule has 1 amide bonds. The predicted octanol–water partition coefficient (Wildman–Crippen LogP) is 2.13. The van der Waals surface area contributed by atoms with Crippen LogP contribution in [0.25, 0.3) is 5.69 Å². The van der Waals surface area contributed by atoms with Crippen molar-refractivity contribution in [3.8, 4) is 5.69 Å². The average Bonchev–Trinajstić information content (AvgIpc) is 3.06. The summed E-state index contributed by atoms with van der Waals surface area (Å²) in [7, 11) is 0. The molecule has 8 heteroatoms. The number of para-hydroxylation sites is 1. The van der Waals surface area contributed by atoms with Gasteiger partial charge >= 0.3 is 5.97 Å². The summed E-state index contributed by atoms with van der Waals surface area (Å²) in [5, 5.41) is 11.5. The SMILES string of the molecule is CCOC(=O)CCCNC(=O)CSc1nncn1-c1ccccc1C. The topological polar surface area (TPSA) is 86.1 Å². The molecular formula is C17H22N4O3S. The zero-order valence-electron chi connectivity index (χ0n) is 14.4. The minimum absolute atomic E-state index is 0.104. The lowest BCUT2D eigenvalue weighted by molar-refractivity contribution is -0.143. The fraction of sp³-hybridized carbons (Fsp3) is 0.412. The van der Waals surface area contributed by atoms with Crippen molar-refractivity contribution < 1.29 is 14.3 Å². The third-order valence-electron chi connectivity index (χ3n) is 3.41. The van der Waals surface area contributed by atoms with Crippen molar-refractivity contribution in [2.45, 2.75) is 31.8 Å². The van der Waals surface area contributed by atoms with E-state index in [4.69, 9.17) is 4.74 Å². The zero-order valence-corrected chi connectivity index (χ0v) is 15.2. The third-order valence-corrected chi connectivity index (χ3v) is 4.35. The molecule has 2 rings (SSSR count). The number of nitrogens with zero attached hydrogens (tertiary/aromatic N) is 3. The molecule has 0 saturated carbocycles. The van der Waals surface area contributed by atoms with Gasteiger partial charge in [-0.1, -0.05) is 30.0 Å². The molecule has 2 aromatic rings. The second-order valence-electron chi connectivity index (χ2n) is 5.32. The van der Waals surface area contributed by atoms with Crippen LogP contribution < -0.4 is 5.32 Å². The molecule has 1 heterocycles. The third kappa shape index (κ3) is 5.90. The zero-order chi connectivity index (χ0) is 18.1. The number of nitrogens with one attached hydrogen (secondary N) is 1. The van der Waals surface area contributed by atoms with Gasteiger partial charge in [0.1, 0.15) is 6.33 Å². The molecule has 0 aliphatic carbocycles. The standard InChI is InChI=1S/C17H22N4O3S/c1-3-24-16(23)9-6-10-18-15(22)11-25-17-20-19-12-21(17)14-8-5-4-7-13(14)2/h4-5,7-8,12H,3,6,9-11H2,1-2H3,(H,18,22). The molecule has 134 valence electrons. The summed E-state index contributed by atoms with van der Waals surface area (Å²) in [5.41, 5.74) is 2.09. The van der Waals surface area contributed by atoms with Gasteiger partial charge in [0.2, 0.25) is 5.91 Å². The Bertz CT molecular complexity index is 717. The highest BCUT2D eigenvalue weighted by atomic mass is 32.2. The van der Waals surface area contributed by atoms with Crippen LogP contribution in [0.5, 0.6) is 0 Å². The van der Waals surface area contributed by atoms with E-state index < -0.39 is 0 Å². The van der Waals surface area contributed by atoms with Gasteiger partial charge in [-0.2, -0.15) is 0 Å². The Morgan fingerprint density at radius 2 is 2.12 bits per heavy atom. The lowest BCUT2D eigenvalue weighted by Crippen LogP contribution is -2.26. The molecule has 0 fully saturated rings. The molecule has 0 atom stereocenters. The first-order valence-electron chi connectivity index (χ1n) is 8.13. The maximum atomic E-state index is 11.9. The van der Waals surface area contributed by atoms with Crippen molar-refractivity contribution in [3.63, 3.8) is 0 Å². The summed E-state index contributed by atoms with van der Waals surface area (Å²) in [5.74, 6) is -0.102. The molecule has 7 nitrogen and oxygen atoms in total. The summed E-state index contributed by atoms with van der Waals surface area (Å²) in [4.78, 5) is 23.1. The van der Waals surface area contributed by atoms with Gasteiger partial charge in [0.15, 0.2) is 5.16 Å². The smallest absolute Gasteiger partial charge is 0.305 e. The molecule has 25 heavy (non-hydrogen) atoms. The van der Waals surface area contributed by atoms with E-state index in [-0.39, 0.29) is 17.6 Å². The quantitative estimate of drug-likeness (QED) is 0.418. The van der Waals surface area contributed by atoms with Crippen molar-refractivity contribution in [2.75, 3.05) is 18.9 Å². The van der Waals surface area contributed by atoms with Crippen molar-refractivity contribution in [3.05, 3.63) is 36.2 Å². The Hall–Kier alpha value is -2.35. The van der Waals surface area contributed by atoms with Crippen LogP contribution in [0.15, 0.2) is 35.7 Å². The molecule has 0 spiro atoms. The lowest BCUT2D eigenvalue weighted by atomic mass is 10.2. The maximum Gasteiger partial charge on any atom is 0.305 e. The second kappa shape index (κ2) is 9.83. The average molecular weight is 362 g/mol. The van der Waals surface area contributed by atoms with E-state index in [1.165, 1.54) is 11.8 Å². The highest BCUT2D eigenvalue weighted by Gasteiger charge is 2.11. The predicted molar refractivity (Wildman–Crippen MR) is 95.7 cm³/mol. The number of carbonyl (C=O) groups is 2. The van der Waals surface area contributed by atoms with Gasteiger partial charge in [0.25, 0.3) is 0 Å². The number of thioether (sulfide) groups is 1. The number of aryl methyl sites for hydroxylation is 1. The fourth-order valence-corrected chi connectivity index (χ4v) is 2.95. The van der Waals surface area contributed by atoms with Gasteiger partial charge in [0, 0.05) is 13.0 Å². The van der Waals surface area contributed by atoms with Gasteiger partial charge in [0.05, 0.1) is 18.0 Å². The first kappa shape index (κ1) is 19.0. The van der Waals surface area contributed by atoms with Crippen LogP contribution in [0.1, 0.15) is 25.3 Å². The minimum Gasteiger partial charge on any atom is -0.466 e. The summed E-state index contributed by atoms with van der Waals surface area (Å²) in [6.07, 6.45) is 2.51. The van der Waals surface area contributed by atoms with Crippen LogP contribution in [0, 0.1) is 6.92 Å². The first-order chi connectivity index (χ1) is 12.1. The Kier molecular flexibility index (Phi) is 7.46. The molecule has 0 saturated heterocycles. The molecule has 0 aliphatic heterocycles. The van der Waals surface area contributed by atoms with E-state index in [0.29, 0.717) is 31.1 Å². The largest absolute Gasteiger partial charge is 0.466 e. The highest BCUT2D eigenvalue weighted by Crippen LogP contribution is 2.21. The van der Waals surface area contributed by atoms with E-state index in [1.54, 1.807) is 13.3 Å². The molecule has 1 aromatic carbocycles. The van der Waals surface area contributed by atoms with Gasteiger partial charge in [-0.3, -0.25) is 14.2 Å². The number of benzene rings is 1.